The van der Waals surface area contributed by atoms with Gasteiger partial charge in [-0.25, -0.2) is 13.8 Å². The van der Waals surface area contributed by atoms with Gasteiger partial charge >= 0.3 is 0 Å². The number of thiophene rings is 1. The minimum absolute atomic E-state index is 0.228. The molecule has 3 N–H and O–H groups in total. The Morgan fingerprint density at radius 2 is 1.83 bits per heavy atom. The van der Waals surface area contributed by atoms with E-state index >= 15 is 0 Å². The third-order valence-corrected chi connectivity index (χ3v) is 7.24. The van der Waals surface area contributed by atoms with E-state index in [1.165, 1.54) is 30.3 Å². The van der Waals surface area contributed by atoms with Crippen molar-refractivity contribution in [1.29, 1.82) is 0 Å². The molecule has 2 heterocycles. The summed E-state index contributed by atoms with van der Waals surface area (Å²) in [4.78, 5) is 15.6. The normalized spacial score (nSPS) is 11.8. The maximum Gasteiger partial charge on any atom is 0.271 e. The fourth-order valence-corrected chi connectivity index (χ4v) is 5.05. The molecule has 0 saturated heterocycles. The van der Waals surface area contributed by atoms with Crippen molar-refractivity contribution in [2.45, 2.75) is 11.1 Å². The summed E-state index contributed by atoms with van der Waals surface area (Å²) in [5.74, 6) is -0.392. The van der Waals surface area contributed by atoms with Crippen molar-refractivity contribution in [3.8, 4) is 0 Å². The van der Waals surface area contributed by atoms with Crippen LogP contribution in [-0.4, -0.2) is 25.5 Å². The topological polar surface area (TPSA) is 103 Å². The standard InChI is InChI=1S/C21H18N4O3S2/c1-14-18(17-5-2-3-6-19(17)23-14)13-22-24-21(26)15-8-10-16(11-9-15)25-30(27,28)20-7-4-12-29-20/h2-13,23,25H,1H3,(H,24,26). The van der Waals surface area contributed by atoms with E-state index in [2.05, 4.69) is 20.2 Å². The number of hydrogen-bond donors (Lipinski definition) is 3. The highest BCUT2D eigenvalue weighted by Crippen LogP contribution is 2.21. The van der Waals surface area contributed by atoms with Gasteiger partial charge in [0.25, 0.3) is 15.9 Å². The lowest BCUT2D eigenvalue weighted by Gasteiger charge is -2.07. The molecule has 4 rings (SSSR count). The van der Waals surface area contributed by atoms with E-state index in [-0.39, 0.29) is 4.21 Å². The molecule has 0 aliphatic heterocycles. The Hall–Kier alpha value is -3.43. The van der Waals surface area contributed by atoms with Gasteiger partial charge < -0.3 is 4.98 Å². The number of para-hydroxylation sites is 1. The Labute approximate surface area is 177 Å². The number of carbonyl (C=O) groups is 1. The summed E-state index contributed by atoms with van der Waals surface area (Å²) in [6.45, 7) is 1.94. The number of hydrogen-bond acceptors (Lipinski definition) is 5. The Morgan fingerprint density at radius 1 is 1.07 bits per heavy atom. The van der Waals surface area contributed by atoms with Gasteiger partial charge in [0, 0.05) is 33.4 Å². The minimum Gasteiger partial charge on any atom is -0.358 e. The Kier molecular flexibility index (Phi) is 5.39. The van der Waals surface area contributed by atoms with Gasteiger partial charge in [-0.1, -0.05) is 24.3 Å². The first-order chi connectivity index (χ1) is 14.4. The molecule has 0 bridgehead atoms. The quantitative estimate of drug-likeness (QED) is 0.312. The predicted octanol–water partition coefficient (Wildman–Crippen LogP) is 4.10. The van der Waals surface area contributed by atoms with Crippen LogP contribution < -0.4 is 10.1 Å². The van der Waals surface area contributed by atoms with Gasteiger partial charge in [0.05, 0.1) is 6.21 Å². The largest absolute Gasteiger partial charge is 0.358 e. The zero-order chi connectivity index (χ0) is 21.1. The molecule has 30 heavy (non-hydrogen) atoms. The monoisotopic (exact) mass is 438 g/mol. The van der Waals surface area contributed by atoms with Gasteiger partial charge in [0.2, 0.25) is 0 Å². The van der Waals surface area contributed by atoms with Crippen LogP contribution in [0.2, 0.25) is 0 Å². The zero-order valence-electron chi connectivity index (χ0n) is 15.9. The van der Waals surface area contributed by atoms with Crippen molar-refractivity contribution in [3.05, 3.63) is 82.9 Å². The van der Waals surface area contributed by atoms with Crippen molar-refractivity contribution in [2.24, 2.45) is 5.10 Å². The number of fused-ring (bicyclic) bond motifs is 1. The highest BCUT2D eigenvalue weighted by molar-refractivity contribution is 7.94. The van der Waals surface area contributed by atoms with Gasteiger partial charge in [0.15, 0.2) is 0 Å². The number of rotatable bonds is 6. The summed E-state index contributed by atoms with van der Waals surface area (Å²) in [6, 6.07) is 17.2. The van der Waals surface area contributed by atoms with Crippen LogP contribution in [-0.2, 0) is 10.0 Å². The molecule has 0 radical (unpaired) electrons. The fraction of sp³-hybridized carbons (Fsp3) is 0.0476. The lowest BCUT2D eigenvalue weighted by Crippen LogP contribution is -2.18. The van der Waals surface area contributed by atoms with E-state index in [1.54, 1.807) is 17.7 Å². The van der Waals surface area contributed by atoms with Crippen molar-refractivity contribution in [2.75, 3.05) is 4.72 Å². The third-order valence-electron chi connectivity index (χ3n) is 4.46. The first-order valence-corrected chi connectivity index (χ1v) is 11.4. The van der Waals surface area contributed by atoms with E-state index in [4.69, 9.17) is 0 Å². The average Bonchev–Trinajstić information content (AvgIpc) is 3.37. The van der Waals surface area contributed by atoms with E-state index in [0.717, 1.165) is 33.5 Å². The molecular formula is C21H18N4O3S2. The second-order valence-electron chi connectivity index (χ2n) is 6.52. The van der Waals surface area contributed by atoms with Crippen LogP contribution in [0.15, 0.2) is 75.4 Å². The summed E-state index contributed by atoms with van der Waals surface area (Å²) >= 11 is 1.13. The molecule has 152 valence electrons. The van der Waals surface area contributed by atoms with Gasteiger partial charge in [0.1, 0.15) is 4.21 Å². The number of aromatic nitrogens is 1. The molecule has 9 heteroatoms. The number of H-pyrrole nitrogens is 1. The fourth-order valence-electron chi connectivity index (χ4n) is 3.00. The van der Waals surface area contributed by atoms with Crippen molar-refractivity contribution in [1.82, 2.24) is 10.4 Å². The molecular weight excluding hydrogens is 420 g/mol. The smallest absolute Gasteiger partial charge is 0.271 e. The lowest BCUT2D eigenvalue weighted by atomic mass is 10.1. The van der Waals surface area contributed by atoms with Crippen LogP contribution in [0.3, 0.4) is 0 Å². The van der Waals surface area contributed by atoms with Crippen molar-refractivity contribution in [3.63, 3.8) is 0 Å². The number of anilines is 1. The molecule has 0 aliphatic carbocycles. The molecule has 2 aromatic carbocycles. The van der Waals surface area contributed by atoms with Crippen LogP contribution in [0.25, 0.3) is 10.9 Å². The van der Waals surface area contributed by atoms with Gasteiger partial charge in [-0.15, -0.1) is 11.3 Å². The Bertz CT molecular complexity index is 1320. The zero-order valence-corrected chi connectivity index (χ0v) is 17.5. The van der Waals surface area contributed by atoms with Gasteiger partial charge in [-0.2, -0.15) is 5.10 Å². The minimum atomic E-state index is -3.62. The molecule has 0 atom stereocenters. The van der Waals surface area contributed by atoms with E-state index in [9.17, 15) is 13.2 Å². The first-order valence-electron chi connectivity index (χ1n) is 9.01. The van der Waals surface area contributed by atoms with Crippen LogP contribution in [0.4, 0.5) is 5.69 Å². The highest BCUT2D eigenvalue weighted by atomic mass is 32.2. The number of sulfonamides is 1. The summed E-state index contributed by atoms with van der Waals surface area (Å²) in [5.41, 5.74) is 6.10. The van der Waals surface area contributed by atoms with Crippen molar-refractivity contribution >= 4 is 50.1 Å². The molecule has 2 aromatic heterocycles. The maximum absolute atomic E-state index is 12.3. The number of benzene rings is 2. The lowest BCUT2D eigenvalue weighted by molar-refractivity contribution is 0.0955. The number of amides is 1. The predicted molar refractivity (Wildman–Crippen MR) is 120 cm³/mol. The van der Waals surface area contributed by atoms with Crippen molar-refractivity contribution < 1.29 is 13.2 Å². The average molecular weight is 439 g/mol. The number of carbonyl (C=O) groups excluding carboxylic acids is 1. The van der Waals surface area contributed by atoms with Crippen LogP contribution in [0, 0.1) is 6.92 Å². The number of nitrogens with zero attached hydrogens (tertiary/aromatic N) is 1. The molecule has 0 spiro atoms. The van der Waals surface area contributed by atoms with Crippen LogP contribution in [0.1, 0.15) is 21.6 Å². The van der Waals surface area contributed by atoms with Gasteiger partial charge in [-0.05, 0) is 48.7 Å². The summed E-state index contributed by atoms with van der Waals surface area (Å²) in [6.07, 6.45) is 1.61. The molecule has 0 fully saturated rings. The van der Waals surface area contributed by atoms with E-state index in [0.29, 0.717) is 11.3 Å². The Morgan fingerprint density at radius 3 is 2.57 bits per heavy atom. The van der Waals surface area contributed by atoms with E-state index < -0.39 is 15.9 Å². The summed E-state index contributed by atoms with van der Waals surface area (Å²) < 4.78 is 27.2. The SMILES string of the molecule is Cc1[nH]c2ccccc2c1C=NNC(=O)c1ccc(NS(=O)(=O)c2cccs2)cc1. The number of hydrazone groups is 1. The summed E-state index contributed by atoms with van der Waals surface area (Å²) in [7, 11) is -3.62. The summed E-state index contributed by atoms with van der Waals surface area (Å²) in [5, 5.41) is 6.78. The Balaban J connectivity index is 1.43. The molecule has 0 unspecified atom stereocenters. The molecule has 0 saturated carbocycles. The van der Waals surface area contributed by atoms with E-state index in [1.807, 2.05) is 31.2 Å². The molecule has 7 nitrogen and oxygen atoms in total. The van der Waals surface area contributed by atoms with Crippen LogP contribution >= 0.6 is 11.3 Å². The number of aryl methyl sites for hydroxylation is 1. The molecule has 1 amide bonds. The van der Waals surface area contributed by atoms with Crippen LogP contribution in [0.5, 0.6) is 0 Å². The molecule has 0 aliphatic rings. The first kappa shape index (κ1) is 19.9. The number of nitrogens with one attached hydrogen (secondary N) is 3. The van der Waals surface area contributed by atoms with Gasteiger partial charge in [-0.3, -0.25) is 9.52 Å². The second-order valence-corrected chi connectivity index (χ2v) is 9.38. The highest BCUT2D eigenvalue weighted by Gasteiger charge is 2.15. The maximum atomic E-state index is 12.3. The third kappa shape index (κ3) is 4.12. The number of aromatic amines is 1. The second kappa shape index (κ2) is 8.13. The molecule has 4 aromatic rings.